The van der Waals surface area contributed by atoms with Crippen molar-refractivity contribution in [2.75, 3.05) is 0 Å². The number of aromatic nitrogens is 2. The Morgan fingerprint density at radius 1 is 1.19 bits per heavy atom. The van der Waals surface area contributed by atoms with Crippen LogP contribution in [0.15, 0.2) is 29.1 Å². The fourth-order valence-electron chi connectivity index (χ4n) is 4.52. The van der Waals surface area contributed by atoms with Gasteiger partial charge in [-0.3, -0.25) is 9.89 Å². The average Bonchev–Trinajstić information content (AvgIpc) is 2.95. The first kappa shape index (κ1) is 12.9. The van der Waals surface area contributed by atoms with Crippen LogP contribution in [0.2, 0.25) is 0 Å². The number of aryl methyl sites for hydroxylation is 1. The van der Waals surface area contributed by atoms with Crippen molar-refractivity contribution in [1.29, 1.82) is 0 Å². The maximum Gasteiger partial charge on any atom is 0.274 e. The SMILES string of the molecule is Cc1ccc(-n2[nH]c3c(c2=O)[C@H]2CC[C@]3(C)C2(C)C)cc1. The summed E-state index contributed by atoms with van der Waals surface area (Å²) in [6, 6.07) is 8.12. The molecule has 0 aliphatic heterocycles. The van der Waals surface area contributed by atoms with Crippen LogP contribution in [0.3, 0.4) is 0 Å². The van der Waals surface area contributed by atoms with Crippen LogP contribution in [0.4, 0.5) is 0 Å². The molecule has 0 saturated heterocycles. The predicted octanol–water partition coefficient (Wildman–Crippen LogP) is 3.65. The lowest BCUT2D eigenvalue weighted by molar-refractivity contribution is 0.224. The van der Waals surface area contributed by atoms with Gasteiger partial charge in [0.1, 0.15) is 0 Å². The average molecular weight is 282 g/mol. The highest BCUT2D eigenvalue weighted by Gasteiger charge is 2.61. The van der Waals surface area contributed by atoms with Gasteiger partial charge in [0.05, 0.1) is 5.69 Å². The molecule has 1 heterocycles. The van der Waals surface area contributed by atoms with Gasteiger partial charge >= 0.3 is 0 Å². The normalized spacial score (nSPS) is 28.9. The Kier molecular flexibility index (Phi) is 2.28. The van der Waals surface area contributed by atoms with Crippen LogP contribution in [-0.4, -0.2) is 9.78 Å². The molecule has 0 amide bonds. The van der Waals surface area contributed by atoms with E-state index < -0.39 is 0 Å². The molecule has 3 heteroatoms. The summed E-state index contributed by atoms with van der Waals surface area (Å²) in [7, 11) is 0. The molecular weight excluding hydrogens is 260 g/mol. The lowest BCUT2D eigenvalue weighted by Crippen LogP contribution is -2.33. The van der Waals surface area contributed by atoms with Crippen LogP contribution in [0.5, 0.6) is 0 Å². The predicted molar refractivity (Wildman–Crippen MR) is 84.2 cm³/mol. The molecule has 1 saturated carbocycles. The number of H-pyrrole nitrogens is 1. The van der Waals surface area contributed by atoms with Crippen molar-refractivity contribution < 1.29 is 0 Å². The summed E-state index contributed by atoms with van der Waals surface area (Å²) in [5.41, 5.74) is 4.78. The molecule has 21 heavy (non-hydrogen) atoms. The van der Waals surface area contributed by atoms with Gasteiger partial charge in [0.2, 0.25) is 0 Å². The molecule has 0 radical (unpaired) electrons. The molecule has 2 aliphatic carbocycles. The molecule has 1 aromatic heterocycles. The van der Waals surface area contributed by atoms with Crippen LogP contribution in [0, 0.1) is 12.3 Å². The Balaban J connectivity index is 1.93. The van der Waals surface area contributed by atoms with Gasteiger partial charge in [0.15, 0.2) is 0 Å². The number of rotatable bonds is 1. The lowest BCUT2D eigenvalue weighted by atomic mass is 9.70. The van der Waals surface area contributed by atoms with Gasteiger partial charge < -0.3 is 0 Å². The van der Waals surface area contributed by atoms with Crippen molar-refractivity contribution in [3.63, 3.8) is 0 Å². The number of benzene rings is 1. The number of nitrogens with one attached hydrogen (secondary N) is 1. The highest BCUT2D eigenvalue weighted by Crippen LogP contribution is 2.66. The Hall–Kier alpha value is -1.77. The van der Waals surface area contributed by atoms with Crippen molar-refractivity contribution in [3.8, 4) is 5.69 Å². The summed E-state index contributed by atoms with van der Waals surface area (Å²) in [4.78, 5) is 12.9. The molecule has 1 N–H and O–H groups in total. The minimum atomic E-state index is 0.0993. The van der Waals surface area contributed by atoms with E-state index in [9.17, 15) is 4.79 Å². The van der Waals surface area contributed by atoms with Gasteiger partial charge in [-0.15, -0.1) is 0 Å². The molecule has 110 valence electrons. The van der Waals surface area contributed by atoms with Gasteiger partial charge in [-0.25, -0.2) is 4.68 Å². The Morgan fingerprint density at radius 3 is 2.48 bits per heavy atom. The maximum absolute atomic E-state index is 12.9. The molecule has 2 bridgehead atoms. The molecule has 1 aromatic carbocycles. The first-order valence-corrected chi connectivity index (χ1v) is 7.79. The van der Waals surface area contributed by atoms with Gasteiger partial charge in [0.25, 0.3) is 5.56 Å². The topological polar surface area (TPSA) is 37.8 Å². The van der Waals surface area contributed by atoms with Crippen LogP contribution in [-0.2, 0) is 5.41 Å². The van der Waals surface area contributed by atoms with E-state index in [4.69, 9.17) is 0 Å². The van der Waals surface area contributed by atoms with E-state index in [1.807, 2.05) is 24.3 Å². The summed E-state index contributed by atoms with van der Waals surface area (Å²) >= 11 is 0. The van der Waals surface area contributed by atoms with Crippen LogP contribution >= 0.6 is 0 Å². The molecule has 2 aromatic rings. The first-order valence-electron chi connectivity index (χ1n) is 7.79. The quantitative estimate of drug-likeness (QED) is 0.852. The van der Waals surface area contributed by atoms with Gasteiger partial charge in [-0.1, -0.05) is 38.5 Å². The molecule has 4 rings (SSSR count). The first-order chi connectivity index (χ1) is 9.86. The minimum absolute atomic E-state index is 0.0993. The zero-order valence-corrected chi connectivity index (χ0v) is 13.2. The lowest BCUT2D eigenvalue weighted by Gasteiger charge is -2.34. The largest absolute Gasteiger partial charge is 0.294 e. The Labute approximate surface area is 125 Å². The van der Waals surface area contributed by atoms with Gasteiger partial charge in [0, 0.05) is 16.7 Å². The van der Waals surface area contributed by atoms with Crippen LogP contribution < -0.4 is 5.56 Å². The van der Waals surface area contributed by atoms with E-state index in [2.05, 4.69) is 32.8 Å². The number of hydrogen-bond donors (Lipinski definition) is 1. The number of aromatic amines is 1. The Bertz CT molecular complexity index is 779. The fraction of sp³-hybridized carbons (Fsp3) is 0.500. The zero-order chi connectivity index (χ0) is 15.0. The van der Waals surface area contributed by atoms with E-state index in [-0.39, 0.29) is 16.4 Å². The number of hydrogen-bond acceptors (Lipinski definition) is 1. The smallest absolute Gasteiger partial charge is 0.274 e. The van der Waals surface area contributed by atoms with E-state index in [0.29, 0.717) is 5.92 Å². The molecule has 1 fully saturated rings. The van der Waals surface area contributed by atoms with Crippen molar-refractivity contribution in [2.45, 2.75) is 51.9 Å². The van der Waals surface area contributed by atoms with Gasteiger partial charge in [-0.2, -0.15) is 0 Å². The standard InChI is InChI=1S/C18H22N2O/c1-11-5-7-12(8-6-11)20-16(21)14-13-9-10-18(4,15(14)19-20)17(13,2)3/h5-8,13,19H,9-10H2,1-4H3/t13-,18+/m1/s1. The number of fused-ring (bicyclic) bond motifs is 5. The molecular formula is C18H22N2O. The van der Waals surface area contributed by atoms with Crippen LogP contribution in [0.1, 0.15) is 56.4 Å². The number of nitrogens with zero attached hydrogens (tertiary/aromatic N) is 1. The van der Waals surface area contributed by atoms with E-state index in [1.165, 1.54) is 17.7 Å². The monoisotopic (exact) mass is 282 g/mol. The molecule has 0 spiro atoms. The second-order valence-corrected chi connectivity index (χ2v) is 7.52. The fourth-order valence-corrected chi connectivity index (χ4v) is 4.52. The summed E-state index contributed by atoms with van der Waals surface area (Å²) < 4.78 is 1.73. The summed E-state index contributed by atoms with van der Waals surface area (Å²) in [6.07, 6.45) is 2.31. The van der Waals surface area contributed by atoms with Crippen molar-refractivity contribution >= 4 is 0 Å². The van der Waals surface area contributed by atoms with Crippen molar-refractivity contribution in [1.82, 2.24) is 9.78 Å². The van der Waals surface area contributed by atoms with Crippen molar-refractivity contribution in [3.05, 3.63) is 51.4 Å². The summed E-state index contributed by atoms with van der Waals surface area (Å²) in [6.45, 7) is 9.00. The molecule has 2 atom stereocenters. The summed E-state index contributed by atoms with van der Waals surface area (Å²) in [5, 5.41) is 3.43. The van der Waals surface area contributed by atoms with E-state index >= 15 is 0 Å². The van der Waals surface area contributed by atoms with Crippen molar-refractivity contribution in [2.24, 2.45) is 5.41 Å². The second kappa shape index (κ2) is 3.70. The third-order valence-electron chi connectivity index (χ3n) is 6.35. The molecule has 0 unspecified atom stereocenters. The van der Waals surface area contributed by atoms with E-state index in [1.54, 1.807) is 4.68 Å². The van der Waals surface area contributed by atoms with E-state index in [0.717, 1.165) is 17.7 Å². The van der Waals surface area contributed by atoms with Crippen LogP contribution in [0.25, 0.3) is 5.69 Å². The Morgan fingerprint density at radius 2 is 1.86 bits per heavy atom. The molecule has 3 nitrogen and oxygen atoms in total. The highest BCUT2D eigenvalue weighted by molar-refractivity contribution is 5.46. The van der Waals surface area contributed by atoms with Gasteiger partial charge in [-0.05, 0) is 43.2 Å². The molecule has 2 aliphatic rings. The summed E-state index contributed by atoms with van der Waals surface area (Å²) in [5.74, 6) is 0.396. The zero-order valence-electron chi connectivity index (χ0n) is 13.2. The third kappa shape index (κ3) is 1.37. The maximum atomic E-state index is 12.9. The second-order valence-electron chi connectivity index (χ2n) is 7.52. The third-order valence-corrected chi connectivity index (χ3v) is 6.35. The minimum Gasteiger partial charge on any atom is -0.294 e. The highest BCUT2D eigenvalue weighted by atomic mass is 16.1.